The summed E-state index contributed by atoms with van der Waals surface area (Å²) in [6.07, 6.45) is 0. The molecule has 0 saturated heterocycles. The fourth-order valence-corrected chi connectivity index (χ4v) is 0.727. The molecule has 0 fully saturated rings. The van der Waals surface area contributed by atoms with Crippen LogP contribution in [0.25, 0.3) is 0 Å². The fourth-order valence-electron chi connectivity index (χ4n) is 0.727. The van der Waals surface area contributed by atoms with E-state index in [1.54, 1.807) is 12.1 Å². The maximum atomic E-state index is 5.41. The van der Waals surface area contributed by atoms with E-state index in [1.807, 2.05) is 18.2 Å². The Morgan fingerprint density at radius 1 is 0.900 bits per heavy atom. The second-order valence-corrected chi connectivity index (χ2v) is 2.30. The molecule has 6 N–H and O–H groups in total. The molecule has 3 heteroatoms. The predicted octanol–water partition coefficient (Wildman–Crippen LogP) is -0.327. The Hall–Kier alpha value is -0.900. The maximum absolute atomic E-state index is 5.41. The standard InChI is InChI=1S/C7H11N3/c8-7(9,10)6-4-2-1-3-5-6/h1-5H,8-10H2. The van der Waals surface area contributed by atoms with Crippen LogP contribution in [0, 0.1) is 0 Å². The van der Waals surface area contributed by atoms with Crippen molar-refractivity contribution in [2.24, 2.45) is 17.2 Å². The van der Waals surface area contributed by atoms with Gasteiger partial charge in [0.2, 0.25) is 0 Å². The SMILES string of the molecule is NC(N)(N)c1ccccc1. The Labute approximate surface area is 59.8 Å². The van der Waals surface area contributed by atoms with Crippen LogP contribution in [0.2, 0.25) is 0 Å². The molecular weight excluding hydrogens is 126 g/mol. The summed E-state index contributed by atoms with van der Waals surface area (Å²) in [5.74, 6) is -1.21. The van der Waals surface area contributed by atoms with Crippen LogP contribution in [0.3, 0.4) is 0 Å². The smallest absolute Gasteiger partial charge is 0.142 e. The zero-order valence-electron chi connectivity index (χ0n) is 5.62. The number of hydrogen-bond donors (Lipinski definition) is 3. The highest BCUT2D eigenvalue weighted by Crippen LogP contribution is 2.04. The van der Waals surface area contributed by atoms with Crippen LogP contribution in [0.4, 0.5) is 0 Å². The molecule has 0 saturated carbocycles. The number of benzene rings is 1. The Morgan fingerprint density at radius 3 is 1.70 bits per heavy atom. The largest absolute Gasteiger partial charge is 0.297 e. The summed E-state index contributed by atoms with van der Waals surface area (Å²) in [7, 11) is 0. The third-order valence-electron chi connectivity index (χ3n) is 1.27. The van der Waals surface area contributed by atoms with Crippen molar-refractivity contribution in [2.75, 3.05) is 0 Å². The van der Waals surface area contributed by atoms with Gasteiger partial charge in [0.15, 0.2) is 0 Å². The van der Waals surface area contributed by atoms with E-state index in [2.05, 4.69) is 0 Å². The van der Waals surface area contributed by atoms with Gasteiger partial charge in [-0.05, 0) is 0 Å². The highest BCUT2D eigenvalue weighted by atomic mass is 15.1. The monoisotopic (exact) mass is 137 g/mol. The minimum Gasteiger partial charge on any atom is -0.297 e. The van der Waals surface area contributed by atoms with E-state index >= 15 is 0 Å². The van der Waals surface area contributed by atoms with Crippen LogP contribution < -0.4 is 17.2 Å². The average molecular weight is 137 g/mol. The van der Waals surface area contributed by atoms with Crippen LogP contribution in [0.15, 0.2) is 30.3 Å². The van der Waals surface area contributed by atoms with Gasteiger partial charge in [-0.3, -0.25) is 17.2 Å². The van der Waals surface area contributed by atoms with Crippen molar-refractivity contribution in [1.29, 1.82) is 0 Å². The fraction of sp³-hybridized carbons (Fsp3) is 0.143. The lowest BCUT2D eigenvalue weighted by molar-refractivity contribution is 0.488. The third kappa shape index (κ3) is 1.54. The lowest BCUT2D eigenvalue weighted by Crippen LogP contribution is -2.54. The molecule has 1 rings (SSSR count). The highest BCUT2D eigenvalue weighted by Gasteiger charge is 2.12. The van der Waals surface area contributed by atoms with E-state index in [1.165, 1.54) is 0 Å². The van der Waals surface area contributed by atoms with E-state index in [0.29, 0.717) is 0 Å². The molecule has 10 heavy (non-hydrogen) atoms. The molecule has 0 atom stereocenters. The van der Waals surface area contributed by atoms with E-state index in [4.69, 9.17) is 17.2 Å². The van der Waals surface area contributed by atoms with Gasteiger partial charge in [0.25, 0.3) is 0 Å². The van der Waals surface area contributed by atoms with Gasteiger partial charge < -0.3 is 0 Å². The zero-order valence-corrected chi connectivity index (χ0v) is 5.62. The van der Waals surface area contributed by atoms with E-state index in [9.17, 15) is 0 Å². The van der Waals surface area contributed by atoms with Crippen LogP contribution >= 0.6 is 0 Å². The first-order valence-electron chi connectivity index (χ1n) is 3.03. The highest BCUT2D eigenvalue weighted by molar-refractivity contribution is 5.20. The normalized spacial score (nSPS) is 11.5. The number of hydrogen-bond acceptors (Lipinski definition) is 3. The summed E-state index contributed by atoms with van der Waals surface area (Å²) in [5, 5.41) is 0. The van der Waals surface area contributed by atoms with E-state index in [0.717, 1.165) is 5.56 Å². The second kappa shape index (κ2) is 2.38. The summed E-state index contributed by atoms with van der Waals surface area (Å²) < 4.78 is 0. The first-order valence-corrected chi connectivity index (χ1v) is 3.03. The first kappa shape index (κ1) is 7.21. The molecule has 0 heterocycles. The van der Waals surface area contributed by atoms with Gasteiger partial charge in [-0.15, -0.1) is 0 Å². The summed E-state index contributed by atoms with van der Waals surface area (Å²) in [5.41, 5.74) is 17.0. The maximum Gasteiger partial charge on any atom is 0.142 e. The molecule has 3 nitrogen and oxygen atoms in total. The summed E-state index contributed by atoms with van der Waals surface area (Å²) >= 11 is 0. The Bertz CT molecular complexity index is 200. The van der Waals surface area contributed by atoms with Crippen molar-refractivity contribution < 1.29 is 0 Å². The molecule has 0 aromatic heterocycles. The predicted molar refractivity (Wildman–Crippen MR) is 40.7 cm³/mol. The molecule has 0 amide bonds. The molecule has 0 aliphatic carbocycles. The lowest BCUT2D eigenvalue weighted by Gasteiger charge is -2.18. The Balaban J connectivity index is 2.97. The van der Waals surface area contributed by atoms with Gasteiger partial charge in [0.1, 0.15) is 5.79 Å². The topological polar surface area (TPSA) is 78.1 Å². The van der Waals surface area contributed by atoms with Crippen LogP contribution in [-0.4, -0.2) is 0 Å². The van der Waals surface area contributed by atoms with Crippen molar-refractivity contribution in [2.45, 2.75) is 5.79 Å². The number of rotatable bonds is 1. The van der Waals surface area contributed by atoms with Gasteiger partial charge >= 0.3 is 0 Å². The minimum absolute atomic E-state index is 0.731. The van der Waals surface area contributed by atoms with Crippen LogP contribution in [0.5, 0.6) is 0 Å². The van der Waals surface area contributed by atoms with E-state index in [-0.39, 0.29) is 0 Å². The molecule has 1 aromatic rings. The van der Waals surface area contributed by atoms with Crippen LogP contribution in [0.1, 0.15) is 5.56 Å². The van der Waals surface area contributed by atoms with Crippen molar-refractivity contribution in [3.63, 3.8) is 0 Å². The van der Waals surface area contributed by atoms with Gasteiger partial charge in [-0.2, -0.15) is 0 Å². The molecule has 0 radical (unpaired) electrons. The van der Waals surface area contributed by atoms with Gasteiger partial charge in [0, 0.05) is 5.56 Å². The summed E-state index contributed by atoms with van der Waals surface area (Å²) in [6.45, 7) is 0. The van der Waals surface area contributed by atoms with Crippen molar-refractivity contribution >= 4 is 0 Å². The average Bonchev–Trinajstić information content (AvgIpc) is 1.88. The zero-order chi connectivity index (χ0) is 7.61. The second-order valence-electron chi connectivity index (χ2n) is 2.30. The van der Waals surface area contributed by atoms with Crippen molar-refractivity contribution in [3.05, 3.63) is 35.9 Å². The van der Waals surface area contributed by atoms with Crippen molar-refractivity contribution in [1.82, 2.24) is 0 Å². The van der Waals surface area contributed by atoms with Crippen LogP contribution in [-0.2, 0) is 5.79 Å². The molecular formula is C7H11N3. The lowest BCUT2D eigenvalue weighted by atomic mass is 10.1. The first-order chi connectivity index (χ1) is 4.61. The molecule has 54 valence electrons. The third-order valence-corrected chi connectivity index (χ3v) is 1.27. The summed E-state index contributed by atoms with van der Waals surface area (Å²) in [6, 6.07) is 9.16. The van der Waals surface area contributed by atoms with Crippen molar-refractivity contribution in [3.8, 4) is 0 Å². The quantitative estimate of drug-likeness (QED) is 0.464. The number of nitrogens with two attached hydrogens (primary N) is 3. The van der Waals surface area contributed by atoms with Gasteiger partial charge in [-0.25, -0.2) is 0 Å². The van der Waals surface area contributed by atoms with Gasteiger partial charge in [-0.1, -0.05) is 30.3 Å². The summed E-state index contributed by atoms with van der Waals surface area (Å²) in [4.78, 5) is 0. The molecule has 0 unspecified atom stereocenters. The van der Waals surface area contributed by atoms with E-state index < -0.39 is 5.79 Å². The molecule has 0 aliphatic heterocycles. The molecule has 0 spiro atoms. The van der Waals surface area contributed by atoms with Gasteiger partial charge in [0.05, 0.1) is 0 Å². The molecule has 1 aromatic carbocycles. The minimum atomic E-state index is -1.21. The molecule has 0 bridgehead atoms. The molecule has 0 aliphatic rings. The Kier molecular flexibility index (Phi) is 1.72. The Morgan fingerprint density at radius 2 is 1.40 bits per heavy atom.